The van der Waals surface area contributed by atoms with Gasteiger partial charge in [-0.3, -0.25) is 0 Å². The smallest absolute Gasteiger partial charge is 0.165 e. The van der Waals surface area contributed by atoms with Crippen LogP contribution < -0.4 is 0 Å². The van der Waals surface area contributed by atoms with Crippen LogP contribution in [0.25, 0.3) is 76.3 Å². The summed E-state index contributed by atoms with van der Waals surface area (Å²) in [4.78, 5) is 15.9. The van der Waals surface area contributed by atoms with E-state index >= 15 is 0 Å². The van der Waals surface area contributed by atoms with Gasteiger partial charge in [-0.1, -0.05) is 194 Å². The second-order valence-corrected chi connectivity index (χ2v) is 17.2. The van der Waals surface area contributed by atoms with E-state index in [1.807, 2.05) is 0 Å². The summed E-state index contributed by atoms with van der Waals surface area (Å²) in [7, 11) is 0. The molecule has 0 aliphatic heterocycles. The maximum atomic E-state index is 5.32. The summed E-state index contributed by atoms with van der Waals surface area (Å²) in [6, 6.07) is 72.4. The number of hydrogen-bond donors (Lipinski definition) is 0. The van der Waals surface area contributed by atoms with E-state index in [1.54, 1.807) is 11.3 Å². The molecule has 292 valence electrons. The molecule has 2 aliphatic carbocycles. The molecule has 4 heteroatoms. The quantitative estimate of drug-likeness (QED) is 0.161. The summed E-state index contributed by atoms with van der Waals surface area (Å²) in [5, 5.41) is 2.48. The fraction of sp³-hybridized carbons (Fsp3) is 0.0517. The van der Waals surface area contributed by atoms with E-state index in [2.05, 4.69) is 212 Å². The SMILES string of the molecule is C1=CC(c2ccccc2)=C(c2nc(-c3ccc(-c4ccc5c(c4)C(c4ccccc4)(c4ccccc4)c4ccccc4-5)cc3)nc(-c3cccc4c3sc3ccccc34)n2)CC1. The molecule has 0 saturated heterocycles. The maximum absolute atomic E-state index is 5.32. The summed E-state index contributed by atoms with van der Waals surface area (Å²) in [5.74, 6) is 2.09. The number of hydrogen-bond acceptors (Lipinski definition) is 4. The van der Waals surface area contributed by atoms with Crippen LogP contribution in [0.5, 0.6) is 0 Å². The molecule has 0 N–H and O–H groups in total. The van der Waals surface area contributed by atoms with Crippen LogP contribution in [0.15, 0.2) is 212 Å². The highest BCUT2D eigenvalue weighted by molar-refractivity contribution is 7.26. The lowest BCUT2D eigenvalue weighted by atomic mass is 9.67. The molecule has 10 aromatic rings. The van der Waals surface area contributed by atoms with Gasteiger partial charge in [0.25, 0.3) is 0 Å². The van der Waals surface area contributed by atoms with Gasteiger partial charge in [0.15, 0.2) is 17.5 Å². The van der Waals surface area contributed by atoms with Crippen LogP contribution in [0.3, 0.4) is 0 Å². The van der Waals surface area contributed by atoms with E-state index in [-0.39, 0.29) is 0 Å². The van der Waals surface area contributed by atoms with Crippen LogP contribution in [-0.4, -0.2) is 15.0 Å². The van der Waals surface area contributed by atoms with Crippen LogP contribution in [0.4, 0.5) is 0 Å². The first-order valence-electron chi connectivity index (χ1n) is 21.3. The Morgan fingerprint density at radius 3 is 1.81 bits per heavy atom. The minimum Gasteiger partial charge on any atom is -0.208 e. The largest absolute Gasteiger partial charge is 0.208 e. The average molecular weight is 810 g/mol. The first-order chi connectivity index (χ1) is 30.7. The van der Waals surface area contributed by atoms with Gasteiger partial charge in [0.1, 0.15) is 0 Å². The van der Waals surface area contributed by atoms with Crippen LogP contribution >= 0.6 is 11.3 Å². The molecule has 0 amide bonds. The molecule has 8 aromatic carbocycles. The molecule has 2 aromatic heterocycles. The molecule has 62 heavy (non-hydrogen) atoms. The van der Waals surface area contributed by atoms with Crippen molar-refractivity contribution in [3.05, 3.63) is 246 Å². The lowest BCUT2D eigenvalue weighted by Crippen LogP contribution is -2.28. The van der Waals surface area contributed by atoms with E-state index in [0.717, 1.165) is 46.5 Å². The standard InChI is InChI=1S/C58H39N3S/c1-4-17-39(18-5-1)44-23-10-11-26-49(44)56-59-55(60-57(61-56)50-28-16-27-48-47-25-13-15-30-53(47)62-54(48)50)40-33-31-38(32-34-40)41-35-36-46-45-24-12-14-29-51(45)58(52(46)37-41,42-19-6-2-7-20-42)43-21-8-3-9-22-43/h1-10,12-25,27-37H,11,26H2. The number of allylic oxidation sites excluding steroid dienone is 4. The maximum Gasteiger partial charge on any atom is 0.165 e. The van der Waals surface area contributed by atoms with Gasteiger partial charge in [0.05, 0.1) is 5.41 Å². The van der Waals surface area contributed by atoms with Crippen molar-refractivity contribution in [2.75, 3.05) is 0 Å². The number of rotatable bonds is 7. The number of benzene rings is 8. The molecule has 2 aliphatic rings. The molecular formula is C58H39N3S. The van der Waals surface area contributed by atoms with Gasteiger partial charge in [-0.25, -0.2) is 15.0 Å². The lowest BCUT2D eigenvalue weighted by molar-refractivity contribution is 0.769. The van der Waals surface area contributed by atoms with E-state index in [1.165, 1.54) is 64.7 Å². The van der Waals surface area contributed by atoms with Crippen LogP contribution in [-0.2, 0) is 5.41 Å². The molecule has 0 unspecified atom stereocenters. The minimum absolute atomic E-state index is 0.457. The Labute approximate surface area is 365 Å². The Hall–Kier alpha value is -7.53. The summed E-state index contributed by atoms with van der Waals surface area (Å²) in [6.07, 6.45) is 6.28. The van der Waals surface area contributed by atoms with Gasteiger partial charge in [-0.05, 0) is 86.7 Å². The van der Waals surface area contributed by atoms with Gasteiger partial charge in [-0.15, -0.1) is 11.3 Å². The molecular weight excluding hydrogens is 771 g/mol. The highest BCUT2D eigenvalue weighted by atomic mass is 32.1. The normalized spacial score (nSPS) is 14.0. The van der Waals surface area contributed by atoms with Crippen molar-refractivity contribution in [3.63, 3.8) is 0 Å². The van der Waals surface area contributed by atoms with E-state index in [4.69, 9.17) is 15.0 Å². The van der Waals surface area contributed by atoms with Gasteiger partial charge in [-0.2, -0.15) is 0 Å². The van der Waals surface area contributed by atoms with Gasteiger partial charge in [0, 0.05) is 36.9 Å². The fourth-order valence-electron chi connectivity index (χ4n) is 9.90. The van der Waals surface area contributed by atoms with Gasteiger partial charge in [0.2, 0.25) is 0 Å². The molecule has 3 nitrogen and oxygen atoms in total. The Morgan fingerprint density at radius 1 is 0.419 bits per heavy atom. The predicted molar refractivity (Wildman–Crippen MR) is 258 cm³/mol. The van der Waals surface area contributed by atoms with Crippen molar-refractivity contribution >= 4 is 42.7 Å². The average Bonchev–Trinajstić information content (AvgIpc) is 3.89. The zero-order valence-electron chi connectivity index (χ0n) is 33.9. The lowest BCUT2D eigenvalue weighted by Gasteiger charge is -2.34. The summed E-state index contributed by atoms with van der Waals surface area (Å²) < 4.78 is 2.44. The minimum atomic E-state index is -0.457. The molecule has 0 radical (unpaired) electrons. The monoisotopic (exact) mass is 809 g/mol. The summed E-state index contributed by atoms with van der Waals surface area (Å²) in [6.45, 7) is 0. The molecule has 0 saturated carbocycles. The van der Waals surface area contributed by atoms with Gasteiger partial charge >= 0.3 is 0 Å². The number of thiophene rings is 1. The molecule has 12 rings (SSSR count). The number of aromatic nitrogens is 3. The van der Waals surface area contributed by atoms with Crippen molar-refractivity contribution in [1.82, 2.24) is 15.0 Å². The van der Waals surface area contributed by atoms with Crippen molar-refractivity contribution in [3.8, 4) is 45.0 Å². The zero-order chi connectivity index (χ0) is 41.0. The fourth-order valence-corrected chi connectivity index (χ4v) is 11.1. The van der Waals surface area contributed by atoms with Crippen molar-refractivity contribution in [2.45, 2.75) is 18.3 Å². The van der Waals surface area contributed by atoms with Crippen LogP contribution in [0.1, 0.15) is 46.5 Å². The third-order valence-electron chi connectivity index (χ3n) is 12.7. The van der Waals surface area contributed by atoms with E-state index < -0.39 is 5.41 Å². The molecule has 0 atom stereocenters. The highest BCUT2D eigenvalue weighted by Gasteiger charge is 2.46. The Morgan fingerprint density at radius 2 is 1.02 bits per heavy atom. The number of nitrogens with zero attached hydrogens (tertiary/aromatic N) is 3. The predicted octanol–water partition coefficient (Wildman–Crippen LogP) is 14.9. The van der Waals surface area contributed by atoms with Crippen LogP contribution in [0, 0.1) is 0 Å². The topological polar surface area (TPSA) is 38.7 Å². The zero-order valence-corrected chi connectivity index (χ0v) is 34.7. The van der Waals surface area contributed by atoms with Crippen molar-refractivity contribution < 1.29 is 0 Å². The molecule has 0 bridgehead atoms. The van der Waals surface area contributed by atoms with Gasteiger partial charge < -0.3 is 0 Å². The first-order valence-corrected chi connectivity index (χ1v) is 22.1. The Bertz CT molecular complexity index is 3340. The summed E-state index contributed by atoms with van der Waals surface area (Å²) >= 11 is 1.80. The Balaban J connectivity index is 1.01. The van der Waals surface area contributed by atoms with Crippen molar-refractivity contribution in [2.24, 2.45) is 0 Å². The van der Waals surface area contributed by atoms with E-state index in [0.29, 0.717) is 11.6 Å². The second kappa shape index (κ2) is 14.9. The third kappa shape index (κ3) is 5.83. The van der Waals surface area contributed by atoms with E-state index in [9.17, 15) is 0 Å². The summed E-state index contributed by atoms with van der Waals surface area (Å²) in [5.41, 5.74) is 15.0. The molecule has 2 heterocycles. The molecule has 0 fully saturated rings. The first kappa shape index (κ1) is 36.3. The number of fused-ring (bicyclic) bond motifs is 6. The highest BCUT2D eigenvalue weighted by Crippen LogP contribution is 2.56. The molecule has 0 spiro atoms. The Kier molecular flexibility index (Phi) is 8.72. The van der Waals surface area contributed by atoms with Crippen molar-refractivity contribution in [1.29, 1.82) is 0 Å². The third-order valence-corrected chi connectivity index (χ3v) is 14.0. The van der Waals surface area contributed by atoms with Crippen LogP contribution in [0.2, 0.25) is 0 Å². The second-order valence-electron chi connectivity index (χ2n) is 16.2.